The third kappa shape index (κ3) is 0.991. The van der Waals surface area contributed by atoms with E-state index in [0.29, 0.717) is 0 Å². The van der Waals surface area contributed by atoms with Crippen LogP contribution in [0.3, 0.4) is 0 Å². The van der Waals surface area contributed by atoms with Crippen LogP contribution in [0.1, 0.15) is 15.9 Å². The molecule has 0 N–H and O–H groups in total. The third-order valence-electron chi connectivity index (χ3n) is 3.49. The summed E-state index contributed by atoms with van der Waals surface area (Å²) in [5.41, 5.74) is 4.48. The Kier molecular flexibility index (Phi) is 1.64. The average molecular weight is 234 g/mol. The van der Waals surface area contributed by atoms with Crippen molar-refractivity contribution >= 4 is 16.9 Å². The molecule has 1 aliphatic heterocycles. The summed E-state index contributed by atoms with van der Waals surface area (Å²) in [4.78, 5) is 17.1. The van der Waals surface area contributed by atoms with Crippen molar-refractivity contribution in [2.45, 2.75) is 6.92 Å². The van der Waals surface area contributed by atoms with Crippen molar-refractivity contribution in [2.24, 2.45) is 0 Å². The Hall–Kier alpha value is -2.42. The first-order chi connectivity index (χ1) is 8.77. The van der Waals surface area contributed by atoms with Gasteiger partial charge in [0.1, 0.15) is 5.82 Å². The highest BCUT2D eigenvalue weighted by atomic mass is 16.2. The molecule has 0 radical (unpaired) electrons. The van der Waals surface area contributed by atoms with E-state index in [0.717, 1.165) is 33.5 Å². The number of para-hydroxylation sites is 2. The molecule has 0 fully saturated rings. The summed E-state index contributed by atoms with van der Waals surface area (Å²) < 4.78 is 1.72. The van der Waals surface area contributed by atoms with E-state index in [1.54, 1.807) is 4.57 Å². The molecule has 3 aromatic rings. The second kappa shape index (κ2) is 3.07. The highest BCUT2D eigenvalue weighted by molar-refractivity contribution is 6.13. The van der Waals surface area contributed by atoms with Crippen molar-refractivity contribution in [3.8, 4) is 11.4 Å². The lowest BCUT2D eigenvalue weighted by Gasteiger charge is -2.01. The SMILES string of the molecule is Cc1cccc2c1C(=O)n1c-2nc2ccccc21. The van der Waals surface area contributed by atoms with Crippen molar-refractivity contribution < 1.29 is 4.79 Å². The van der Waals surface area contributed by atoms with Gasteiger partial charge in [-0.1, -0.05) is 30.3 Å². The maximum atomic E-state index is 12.5. The van der Waals surface area contributed by atoms with Crippen molar-refractivity contribution in [3.05, 3.63) is 53.6 Å². The minimum atomic E-state index is 0.0341. The van der Waals surface area contributed by atoms with Gasteiger partial charge in [-0.05, 0) is 24.6 Å². The van der Waals surface area contributed by atoms with Gasteiger partial charge in [0, 0.05) is 5.56 Å². The summed E-state index contributed by atoms with van der Waals surface area (Å²) in [5.74, 6) is 0.798. The van der Waals surface area contributed by atoms with Gasteiger partial charge in [0.05, 0.1) is 16.6 Å². The van der Waals surface area contributed by atoms with Crippen LogP contribution in [0.25, 0.3) is 22.4 Å². The van der Waals surface area contributed by atoms with Gasteiger partial charge in [0.15, 0.2) is 0 Å². The Balaban J connectivity index is 2.18. The number of carbonyl (C=O) groups is 1. The van der Waals surface area contributed by atoms with E-state index in [-0.39, 0.29) is 5.91 Å². The standard InChI is InChI=1S/C15H10N2O/c1-9-5-4-6-10-13(9)15(18)17-12-8-3-2-7-11(12)16-14(10)17/h2-8H,1H3. The summed E-state index contributed by atoms with van der Waals surface area (Å²) in [6.07, 6.45) is 0. The molecule has 1 aliphatic rings. The number of aryl methyl sites for hydroxylation is 1. The first-order valence-corrected chi connectivity index (χ1v) is 5.89. The minimum absolute atomic E-state index is 0.0341. The summed E-state index contributed by atoms with van der Waals surface area (Å²) in [7, 11) is 0. The summed E-state index contributed by atoms with van der Waals surface area (Å²) in [6.45, 7) is 1.96. The van der Waals surface area contributed by atoms with E-state index in [4.69, 9.17) is 0 Å². The Morgan fingerprint density at radius 2 is 1.89 bits per heavy atom. The van der Waals surface area contributed by atoms with E-state index < -0.39 is 0 Å². The van der Waals surface area contributed by atoms with E-state index >= 15 is 0 Å². The molecule has 4 rings (SSSR count). The molecule has 0 aliphatic carbocycles. The molecule has 86 valence electrons. The van der Waals surface area contributed by atoms with Crippen LogP contribution >= 0.6 is 0 Å². The van der Waals surface area contributed by atoms with Gasteiger partial charge in [-0.2, -0.15) is 0 Å². The molecule has 0 bridgehead atoms. The number of rotatable bonds is 0. The van der Waals surface area contributed by atoms with Gasteiger partial charge in [-0.15, -0.1) is 0 Å². The predicted octanol–water partition coefficient (Wildman–Crippen LogP) is 3.01. The lowest BCUT2D eigenvalue weighted by Crippen LogP contribution is -2.07. The number of carbonyl (C=O) groups excluding carboxylic acids is 1. The second-order valence-electron chi connectivity index (χ2n) is 4.56. The first-order valence-electron chi connectivity index (χ1n) is 5.89. The summed E-state index contributed by atoms with van der Waals surface area (Å²) in [5, 5.41) is 0. The molecular formula is C15H10N2O. The van der Waals surface area contributed by atoms with Crippen LogP contribution in [0.4, 0.5) is 0 Å². The number of hydrogen-bond donors (Lipinski definition) is 0. The Labute approximate surface area is 104 Å². The molecule has 3 heteroatoms. The van der Waals surface area contributed by atoms with Crippen LogP contribution in [0.15, 0.2) is 42.5 Å². The third-order valence-corrected chi connectivity index (χ3v) is 3.49. The van der Waals surface area contributed by atoms with Gasteiger partial charge in [0.25, 0.3) is 5.91 Å². The highest BCUT2D eigenvalue weighted by Gasteiger charge is 2.30. The van der Waals surface area contributed by atoms with Crippen LogP contribution < -0.4 is 0 Å². The van der Waals surface area contributed by atoms with E-state index in [2.05, 4.69) is 4.98 Å². The minimum Gasteiger partial charge on any atom is -0.268 e. The number of benzene rings is 2. The zero-order valence-electron chi connectivity index (χ0n) is 9.84. The molecule has 0 spiro atoms. The van der Waals surface area contributed by atoms with Gasteiger partial charge in [0.2, 0.25) is 0 Å². The zero-order valence-corrected chi connectivity index (χ0v) is 9.84. The number of aromatic nitrogens is 2. The molecule has 18 heavy (non-hydrogen) atoms. The molecule has 0 amide bonds. The quantitative estimate of drug-likeness (QED) is 0.468. The fraction of sp³-hybridized carbons (Fsp3) is 0.0667. The maximum absolute atomic E-state index is 12.5. The van der Waals surface area contributed by atoms with Crippen molar-refractivity contribution in [3.63, 3.8) is 0 Å². The number of fused-ring (bicyclic) bond motifs is 5. The van der Waals surface area contributed by atoms with Crippen molar-refractivity contribution in [1.29, 1.82) is 0 Å². The van der Waals surface area contributed by atoms with Crippen LogP contribution in [0, 0.1) is 6.92 Å². The van der Waals surface area contributed by atoms with Gasteiger partial charge in [-0.25, -0.2) is 4.98 Å². The lowest BCUT2D eigenvalue weighted by molar-refractivity contribution is 0.0973. The number of hydrogen-bond acceptors (Lipinski definition) is 2. The number of nitrogens with zero attached hydrogens (tertiary/aromatic N) is 2. The molecule has 0 unspecified atom stereocenters. The highest BCUT2D eigenvalue weighted by Crippen LogP contribution is 2.35. The van der Waals surface area contributed by atoms with Crippen molar-refractivity contribution in [2.75, 3.05) is 0 Å². The molecule has 3 nitrogen and oxygen atoms in total. The van der Waals surface area contributed by atoms with Crippen molar-refractivity contribution in [1.82, 2.24) is 9.55 Å². The lowest BCUT2D eigenvalue weighted by atomic mass is 10.0. The predicted molar refractivity (Wildman–Crippen MR) is 69.6 cm³/mol. The maximum Gasteiger partial charge on any atom is 0.265 e. The Bertz CT molecular complexity index is 814. The van der Waals surface area contributed by atoms with Gasteiger partial charge in [-0.3, -0.25) is 9.36 Å². The summed E-state index contributed by atoms with van der Waals surface area (Å²) >= 11 is 0. The molecule has 0 saturated heterocycles. The molecule has 0 saturated carbocycles. The first kappa shape index (κ1) is 9.59. The second-order valence-corrected chi connectivity index (χ2v) is 4.56. The molecular weight excluding hydrogens is 224 g/mol. The Morgan fingerprint density at radius 3 is 2.78 bits per heavy atom. The largest absolute Gasteiger partial charge is 0.268 e. The van der Waals surface area contributed by atoms with Gasteiger partial charge < -0.3 is 0 Å². The van der Waals surface area contributed by atoms with Crippen LogP contribution in [0.5, 0.6) is 0 Å². The smallest absolute Gasteiger partial charge is 0.265 e. The average Bonchev–Trinajstić information content (AvgIpc) is 2.88. The topological polar surface area (TPSA) is 34.9 Å². The molecule has 0 atom stereocenters. The molecule has 2 aromatic carbocycles. The fourth-order valence-electron chi connectivity index (χ4n) is 2.66. The molecule has 2 heterocycles. The van der Waals surface area contributed by atoms with E-state index in [1.165, 1.54) is 0 Å². The summed E-state index contributed by atoms with van der Waals surface area (Å²) in [6, 6.07) is 13.6. The van der Waals surface area contributed by atoms with Crippen LogP contribution in [-0.4, -0.2) is 15.5 Å². The molecule has 1 aromatic heterocycles. The zero-order chi connectivity index (χ0) is 12.3. The van der Waals surface area contributed by atoms with E-state index in [9.17, 15) is 4.79 Å². The number of imidazole rings is 1. The van der Waals surface area contributed by atoms with Gasteiger partial charge >= 0.3 is 0 Å². The normalized spacial score (nSPS) is 12.8. The fourth-order valence-corrected chi connectivity index (χ4v) is 2.66. The van der Waals surface area contributed by atoms with Crippen LogP contribution in [-0.2, 0) is 0 Å². The monoisotopic (exact) mass is 234 g/mol. The Morgan fingerprint density at radius 1 is 1.06 bits per heavy atom. The van der Waals surface area contributed by atoms with Crippen LogP contribution in [0.2, 0.25) is 0 Å². The van der Waals surface area contributed by atoms with E-state index in [1.807, 2.05) is 49.4 Å².